The highest BCUT2D eigenvalue weighted by atomic mass is 16.5. The van der Waals surface area contributed by atoms with Crippen LogP contribution in [0, 0.1) is 0 Å². The Morgan fingerprint density at radius 1 is 1.28 bits per heavy atom. The number of piperazine rings is 1. The molecule has 2 heterocycles. The van der Waals surface area contributed by atoms with Gasteiger partial charge in [0.05, 0.1) is 6.10 Å². The molecule has 0 aromatic carbocycles. The number of rotatable bonds is 4. The van der Waals surface area contributed by atoms with Crippen molar-refractivity contribution in [1.29, 1.82) is 0 Å². The molecule has 4 heteroatoms. The van der Waals surface area contributed by atoms with Crippen LogP contribution in [0.5, 0.6) is 0 Å². The molecule has 3 aliphatic rings. The van der Waals surface area contributed by atoms with E-state index >= 15 is 0 Å². The molecule has 0 aromatic heterocycles. The zero-order valence-electron chi connectivity index (χ0n) is 11.6. The van der Waals surface area contributed by atoms with Crippen LogP contribution in [0.15, 0.2) is 0 Å². The summed E-state index contributed by atoms with van der Waals surface area (Å²) in [7, 11) is 0. The van der Waals surface area contributed by atoms with Gasteiger partial charge in [0.15, 0.2) is 0 Å². The average Bonchev–Trinajstić information content (AvgIpc) is 2.80. The predicted octanol–water partition coefficient (Wildman–Crippen LogP) is 0.663. The van der Waals surface area contributed by atoms with Crippen LogP contribution < -0.4 is 5.73 Å². The van der Waals surface area contributed by atoms with Gasteiger partial charge in [-0.15, -0.1) is 0 Å². The van der Waals surface area contributed by atoms with Crippen molar-refractivity contribution in [1.82, 2.24) is 9.80 Å². The van der Waals surface area contributed by atoms with E-state index < -0.39 is 0 Å². The fourth-order valence-electron chi connectivity index (χ4n) is 4.12. The maximum absolute atomic E-state index is 6.08. The van der Waals surface area contributed by atoms with E-state index in [2.05, 4.69) is 16.7 Å². The number of hydrogen-bond acceptors (Lipinski definition) is 4. The summed E-state index contributed by atoms with van der Waals surface area (Å²) in [6, 6.07) is 0.799. The van der Waals surface area contributed by atoms with Crippen molar-refractivity contribution in [2.24, 2.45) is 5.73 Å². The Kier molecular flexibility index (Phi) is 3.63. The van der Waals surface area contributed by atoms with Gasteiger partial charge in [0.1, 0.15) is 0 Å². The van der Waals surface area contributed by atoms with Crippen molar-refractivity contribution < 1.29 is 4.74 Å². The highest BCUT2D eigenvalue weighted by Gasteiger charge is 2.50. The summed E-state index contributed by atoms with van der Waals surface area (Å²) in [5.74, 6) is 0. The van der Waals surface area contributed by atoms with Crippen molar-refractivity contribution >= 4 is 0 Å². The summed E-state index contributed by atoms with van der Waals surface area (Å²) in [6.07, 6.45) is 5.51. The second kappa shape index (κ2) is 5.08. The van der Waals surface area contributed by atoms with Crippen LogP contribution in [-0.2, 0) is 4.74 Å². The Balaban J connectivity index is 1.60. The minimum Gasteiger partial charge on any atom is -0.378 e. The van der Waals surface area contributed by atoms with E-state index in [0.717, 1.165) is 32.0 Å². The van der Waals surface area contributed by atoms with Crippen LogP contribution in [0.1, 0.15) is 32.6 Å². The number of fused-ring (bicyclic) bond motifs is 1. The number of nitrogens with zero attached hydrogens (tertiary/aromatic N) is 2. The lowest BCUT2D eigenvalue weighted by molar-refractivity contribution is -0.114. The summed E-state index contributed by atoms with van der Waals surface area (Å²) in [4.78, 5) is 5.34. The molecule has 2 aliphatic heterocycles. The number of ether oxygens (including phenoxy) is 1. The first-order chi connectivity index (χ1) is 8.77. The third-order valence-corrected chi connectivity index (χ3v) is 5.26. The lowest BCUT2D eigenvalue weighted by Gasteiger charge is -2.56. The van der Waals surface area contributed by atoms with Gasteiger partial charge in [0.25, 0.3) is 0 Å². The SMILES string of the molecule is CCOC1CC(CN)(N2CCN3CCCC3C2)C1. The van der Waals surface area contributed by atoms with Gasteiger partial charge in [0.2, 0.25) is 0 Å². The zero-order chi connectivity index (χ0) is 12.6. The van der Waals surface area contributed by atoms with Crippen LogP contribution >= 0.6 is 0 Å². The topological polar surface area (TPSA) is 41.7 Å². The fraction of sp³-hybridized carbons (Fsp3) is 1.00. The van der Waals surface area contributed by atoms with Gasteiger partial charge < -0.3 is 10.5 Å². The van der Waals surface area contributed by atoms with Gasteiger partial charge in [-0.2, -0.15) is 0 Å². The van der Waals surface area contributed by atoms with Crippen molar-refractivity contribution in [2.75, 3.05) is 39.3 Å². The van der Waals surface area contributed by atoms with E-state index in [1.54, 1.807) is 0 Å². The number of nitrogens with two attached hydrogens (primary N) is 1. The molecule has 1 unspecified atom stereocenters. The second-order valence-corrected chi connectivity index (χ2v) is 6.19. The molecule has 2 N–H and O–H groups in total. The van der Waals surface area contributed by atoms with E-state index in [0.29, 0.717) is 6.10 Å². The molecule has 3 fully saturated rings. The van der Waals surface area contributed by atoms with Crippen molar-refractivity contribution in [3.63, 3.8) is 0 Å². The van der Waals surface area contributed by atoms with Crippen molar-refractivity contribution in [3.8, 4) is 0 Å². The van der Waals surface area contributed by atoms with Gasteiger partial charge in [-0.25, -0.2) is 0 Å². The van der Waals surface area contributed by atoms with E-state index in [4.69, 9.17) is 10.5 Å². The quantitative estimate of drug-likeness (QED) is 0.799. The predicted molar refractivity (Wildman–Crippen MR) is 72.6 cm³/mol. The molecule has 3 rings (SSSR count). The van der Waals surface area contributed by atoms with Crippen molar-refractivity contribution in [3.05, 3.63) is 0 Å². The van der Waals surface area contributed by atoms with Crippen LogP contribution in [0.4, 0.5) is 0 Å². The molecule has 1 saturated carbocycles. The van der Waals surface area contributed by atoms with Gasteiger partial charge in [-0.1, -0.05) is 0 Å². The second-order valence-electron chi connectivity index (χ2n) is 6.19. The van der Waals surface area contributed by atoms with E-state index in [-0.39, 0.29) is 5.54 Å². The monoisotopic (exact) mass is 253 g/mol. The van der Waals surface area contributed by atoms with Gasteiger partial charge in [0, 0.05) is 44.4 Å². The molecule has 4 nitrogen and oxygen atoms in total. The Hall–Kier alpha value is -0.160. The first kappa shape index (κ1) is 12.9. The summed E-state index contributed by atoms with van der Waals surface area (Å²) in [5.41, 5.74) is 6.34. The van der Waals surface area contributed by atoms with E-state index in [9.17, 15) is 0 Å². The van der Waals surface area contributed by atoms with Gasteiger partial charge in [-0.3, -0.25) is 9.80 Å². The van der Waals surface area contributed by atoms with E-state index in [1.807, 2.05) is 0 Å². The molecule has 18 heavy (non-hydrogen) atoms. The van der Waals surface area contributed by atoms with Gasteiger partial charge >= 0.3 is 0 Å². The molecular formula is C14H27N3O. The first-order valence-corrected chi connectivity index (χ1v) is 7.58. The minimum atomic E-state index is 0.258. The molecule has 1 aliphatic carbocycles. The molecule has 1 atom stereocenters. The standard InChI is InChI=1S/C14H27N3O/c1-2-18-13-8-14(9-13,11-15)17-7-6-16-5-3-4-12(16)10-17/h12-13H,2-11,15H2,1H3. The molecule has 0 spiro atoms. The van der Waals surface area contributed by atoms with Gasteiger partial charge in [-0.05, 0) is 39.2 Å². The molecule has 0 aromatic rings. The lowest BCUT2D eigenvalue weighted by atomic mass is 9.72. The molecular weight excluding hydrogens is 226 g/mol. The number of hydrogen-bond donors (Lipinski definition) is 1. The average molecular weight is 253 g/mol. The maximum Gasteiger partial charge on any atom is 0.0611 e. The Labute approximate surface area is 110 Å². The largest absolute Gasteiger partial charge is 0.378 e. The third-order valence-electron chi connectivity index (χ3n) is 5.26. The minimum absolute atomic E-state index is 0.258. The summed E-state index contributed by atoms with van der Waals surface area (Å²) in [6.45, 7) is 8.70. The molecule has 0 amide bonds. The summed E-state index contributed by atoms with van der Waals surface area (Å²) < 4.78 is 5.72. The third kappa shape index (κ3) is 2.09. The van der Waals surface area contributed by atoms with Crippen LogP contribution in [-0.4, -0.2) is 66.8 Å². The van der Waals surface area contributed by atoms with Crippen LogP contribution in [0.25, 0.3) is 0 Å². The van der Waals surface area contributed by atoms with Crippen molar-refractivity contribution in [2.45, 2.75) is 50.3 Å². The Morgan fingerprint density at radius 2 is 2.11 bits per heavy atom. The lowest BCUT2D eigenvalue weighted by Crippen LogP contribution is -2.68. The molecule has 2 saturated heterocycles. The van der Waals surface area contributed by atoms with E-state index in [1.165, 1.54) is 39.0 Å². The Bertz CT molecular complexity index is 291. The van der Waals surface area contributed by atoms with Crippen LogP contribution in [0.3, 0.4) is 0 Å². The highest BCUT2D eigenvalue weighted by molar-refractivity contribution is 5.07. The summed E-state index contributed by atoms with van der Waals surface area (Å²) >= 11 is 0. The molecule has 0 bridgehead atoms. The summed E-state index contributed by atoms with van der Waals surface area (Å²) in [5, 5.41) is 0. The molecule has 0 radical (unpaired) electrons. The fourth-order valence-corrected chi connectivity index (χ4v) is 4.12. The highest BCUT2D eigenvalue weighted by Crippen LogP contribution is 2.40. The zero-order valence-corrected chi connectivity index (χ0v) is 11.6. The molecule has 104 valence electrons. The maximum atomic E-state index is 6.08. The van der Waals surface area contributed by atoms with Crippen LogP contribution in [0.2, 0.25) is 0 Å². The Morgan fingerprint density at radius 3 is 2.83 bits per heavy atom. The first-order valence-electron chi connectivity index (χ1n) is 7.58. The smallest absolute Gasteiger partial charge is 0.0611 e. The normalized spacial score (nSPS) is 41.7.